The standard InChI is InChI=1S/C21H23N3O3S/c1-3-24(15-19-8-5-11-28-19)21(25)23-14-16-9-10-20(22-13-16)27-18-7-4-6-17(12-18)26-2/h4-13H,3,14-15H2,1-2H3,(H,23,25). The van der Waals surface area contributed by atoms with Crippen LogP contribution in [0.1, 0.15) is 17.4 Å². The van der Waals surface area contributed by atoms with Crippen molar-refractivity contribution in [3.63, 3.8) is 0 Å². The molecule has 3 rings (SSSR count). The molecule has 0 aliphatic heterocycles. The van der Waals surface area contributed by atoms with Gasteiger partial charge in [0, 0.05) is 36.3 Å². The van der Waals surface area contributed by atoms with Crippen molar-refractivity contribution in [3.8, 4) is 17.4 Å². The van der Waals surface area contributed by atoms with Crippen LogP contribution in [-0.4, -0.2) is 29.6 Å². The lowest BCUT2D eigenvalue weighted by atomic mass is 10.3. The molecule has 1 aromatic carbocycles. The van der Waals surface area contributed by atoms with Crippen LogP contribution >= 0.6 is 11.3 Å². The number of amides is 2. The molecule has 0 spiro atoms. The molecule has 2 amide bonds. The Balaban J connectivity index is 1.52. The summed E-state index contributed by atoms with van der Waals surface area (Å²) >= 11 is 1.65. The second-order valence-corrected chi connectivity index (χ2v) is 7.07. The van der Waals surface area contributed by atoms with Crippen LogP contribution < -0.4 is 14.8 Å². The number of pyridine rings is 1. The van der Waals surface area contributed by atoms with E-state index in [1.807, 2.05) is 48.7 Å². The summed E-state index contributed by atoms with van der Waals surface area (Å²) in [5.41, 5.74) is 0.901. The fourth-order valence-electron chi connectivity index (χ4n) is 2.57. The van der Waals surface area contributed by atoms with Crippen LogP contribution in [0.3, 0.4) is 0 Å². The number of hydrogen-bond donors (Lipinski definition) is 1. The molecule has 3 aromatic rings. The van der Waals surface area contributed by atoms with E-state index in [0.717, 1.165) is 16.2 Å². The number of thiophene rings is 1. The van der Waals surface area contributed by atoms with E-state index in [1.54, 1.807) is 41.7 Å². The average Bonchev–Trinajstić information content (AvgIpc) is 3.24. The lowest BCUT2D eigenvalue weighted by molar-refractivity contribution is 0.198. The predicted octanol–water partition coefficient (Wildman–Crippen LogP) is 4.68. The Morgan fingerprint density at radius 1 is 1.18 bits per heavy atom. The molecular weight excluding hydrogens is 374 g/mol. The molecule has 0 unspecified atom stereocenters. The summed E-state index contributed by atoms with van der Waals surface area (Å²) in [7, 11) is 1.61. The van der Waals surface area contributed by atoms with Gasteiger partial charge in [0.15, 0.2) is 0 Å². The minimum absolute atomic E-state index is 0.0902. The van der Waals surface area contributed by atoms with E-state index < -0.39 is 0 Å². The first-order valence-electron chi connectivity index (χ1n) is 9.00. The summed E-state index contributed by atoms with van der Waals surface area (Å²) in [6, 6.07) is 14.9. The lowest BCUT2D eigenvalue weighted by Gasteiger charge is -2.20. The monoisotopic (exact) mass is 397 g/mol. The second-order valence-electron chi connectivity index (χ2n) is 6.04. The van der Waals surface area contributed by atoms with E-state index in [-0.39, 0.29) is 6.03 Å². The van der Waals surface area contributed by atoms with Crippen molar-refractivity contribution >= 4 is 17.4 Å². The van der Waals surface area contributed by atoms with E-state index in [4.69, 9.17) is 9.47 Å². The highest BCUT2D eigenvalue weighted by atomic mass is 32.1. The van der Waals surface area contributed by atoms with Crippen molar-refractivity contribution in [2.75, 3.05) is 13.7 Å². The van der Waals surface area contributed by atoms with Crippen LogP contribution in [0.15, 0.2) is 60.1 Å². The number of urea groups is 1. The Hall–Kier alpha value is -3.06. The van der Waals surface area contributed by atoms with E-state index in [0.29, 0.717) is 31.3 Å². The number of aromatic nitrogens is 1. The third kappa shape index (κ3) is 5.47. The van der Waals surface area contributed by atoms with Gasteiger partial charge in [0.05, 0.1) is 13.7 Å². The highest BCUT2D eigenvalue weighted by Gasteiger charge is 2.12. The van der Waals surface area contributed by atoms with E-state index >= 15 is 0 Å². The van der Waals surface area contributed by atoms with Gasteiger partial charge in [0.2, 0.25) is 5.88 Å². The van der Waals surface area contributed by atoms with Gasteiger partial charge in [-0.25, -0.2) is 9.78 Å². The van der Waals surface area contributed by atoms with Crippen LogP contribution in [0.5, 0.6) is 17.4 Å². The molecule has 0 bridgehead atoms. The number of carbonyl (C=O) groups is 1. The van der Waals surface area contributed by atoms with Crippen LogP contribution in [-0.2, 0) is 13.1 Å². The fourth-order valence-corrected chi connectivity index (χ4v) is 3.29. The molecule has 2 aromatic heterocycles. The minimum Gasteiger partial charge on any atom is -0.497 e. The van der Waals surface area contributed by atoms with Crippen molar-refractivity contribution in [1.29, 1.82) is 0 Å². The number of rotatable bonds is 8. The number of benzene rings is 1. The van der Waals surface area contributed by atoms with Gasteiger partial charge < -0.3 is 19.7 Å². The predicted molar refractivity (Wildman–Crippen MR) is 110 cm³/mol. The molecular formula is C21H23N3O3S. The molecule has 6 nitrogen and oxygen atoms in total. The number of ether oxygens (including phenoxy) is 2. The maximum Gasteiger partial charge on any atom is 0.317 e. The summed E-state index contributed by atoms with van der Waals surface area (Å²) in [4.78, 5) is 19.7. The largest absolute Gasteiger partial charge is 0.497 e. The average molecular weight is 398 g/mol. The Kier molecular flexibility index (Phi) is 6.86. The number of nitrogens with zero attached hydrogens (tertiary/aromatic N) is 2. The smallest absolute Gasteiger partial charge is 0.317 e. The summed E-state index contributed by atoms with van der Waals surface area (Å²) < 4.78 is 10.9. The van der Waals surface area contributed by atoms with Crippen molar-refractivity contribution in [3.05, 3.63) is 70.5 Å². The topological polar surface area (TPSA) is 63.7 Å². The second kappa shape index (κ2) is 9.75. The summed E-state index contributed by atoms with van der Waals surface area (Å²) in [6.45, 7) is 3.65. The van der Waals surface area contributed by atoms with Gasteiger partial charge in [-0.3, -0.25) is 0 Å². The van der Waals surface area contributed by atoms with E-state index in [2.05, 4.69) is 10.3 Å². The lowest BCUT2D eigenvalue weighted by Crippen LogP contribution is -2.38. The molecule has 146 valence electrons. The number of hydrogen-bond acceptors (Lipinski definition) is 5. The summed E-state index contributed by atoms with van der Waals surface area (Å²) in [5.74, 6) is 1.86. The van der Waals surface area contributed by atoms with Crippen LogP contribution in [0.4, 0.5) is 4.79 Å². The zero-order chi connectivity index (χ0) is 19.8. The fraction of sp³-hybridized carbons (Fsp3) is 0.238. The Labute approximate surface area is 168 Å². The van der Waals surface area contributed by atoms with Crippen molar-refractivity contribution < 1.29 is 14.3 Å². The molecule has 0 saturated carbocycles. The molecule has 0 atom stereocenters. The van der Waals surface area contributed by atoms with Gasteiger partial charge >= 0.3 is 6.03 Å². The van der Waals surface area contributed by atoms with Gasteiger partial charge in [-0.15, -0.1) is 11.3 Å². The zero-order valence-electron chi connectivity index (χ0n) is 15.9. The summed E-state index contributed by atoms with van der Waals surface area (Å²) in [5, 5.41) is 4.96. The van der Waals surface area contributed by atoms with Crippen LogP contribution in [0, 0.1) is 0 Å². The number of methoxy groups -OCH3 is 1. The van der Waals surface area contributed by atoms with Crippen molar-refractivity contribution in [2.24, 2.45) is 0 Å². The van der Waals surface area contributed by atoms with Crippen LogP contribution in [0.25, 0.3) is 0 Å². The molecule has 1 N–H and O–H groups in total. The third-order valence-electron chi connectivity index (χ3n) is 4.10. The first kappa shape index (κ1) is 19.7. The normalized spacial score (nSPS) is 10.4. The molecule has 0 aliphatic rings. The number of carbonyl (C=O) groups excluding carboxylic acids is 1. The third-order valence-corrected chi connectivity index (χ3v) is 4.96. The van der Waals surface area contributed by atoms with Gasteiger partial charge in [0.1, 0.15) is 11.5 Å². The molecule has 0 fully saturated rings. The quantitative estimate of drug-likeness (QED) is 0.600. The van der Waals surface area contributed by atoms with Crippen molar-refractivity contribution in [1.82, 2.24) is 15.2 Å². The summed E-state index contributed by atoms with van der Waals surface area (Å²) in [6.07, 6.45) is 1.70. The molecule has 0 radical (unpaired) electrons. The van der Waals surface area contributed by atoms with Gasteiger partial charge in [-0.2, -0.15) is 0 Å². The minimum atomic E-state index is -0.0902. The van der Waals surface area contributed by atoms with Gasteiger partial charge in [-0.05, 0) is 36.1 Å². The van der Waals surface area contributed by atoms with Gasteiger partial charge in [0.25, 0.3) is 0 Å². The molecule has 0 saturated heterocycles. The SMILES string of the molecule is CCN(Cc1cccs1)C(=O)NCc1ccc(Oc2cccc(OC)c2)nc1. The van der Waals surface area contributed by atoms with Crippen molar-refractivity contribution in [2.45, 2.75) is 20.0 Å². The number of nitrogens with one attached hydrogen (secondary N) is 1. The first-order valence-corrected chi connectivity index (χ1v) is 9.88. The highest BCUT2D eigenvalue weighted by molar-refractivity contribution is 7.09. The Morgan fingerprint density at radius 3 is 2.71 bits per heavy atom. The van der Waals surface area contributed by atoms with Gasteiger partial charge in [-0.1, -0.05) is 18.2 Å². The maximum absolute atomic E-state index is 12.4. The highest BCUT2D eigenvalue weighted by Crippen LogP contribution is 2.23. The molecule has 0 aliphatic carbocycles. The molecule has 2 heterocycles. The van der Waals surface area contributed by atoms with E-state index in [1.165, 1.54) is 0 Å². The molecule has 7 heteroatoms. The van der Waals surface area contributed by atoms with E-state index in [9.17, 15) is 4.79 Å². The zero-order valence-corrected chi connectivity index (χ0v) is 16.7. The van der Waals surface area contributed by atoms with Crippen LogP contribution in [0.2, 0.25) is 0 Å². The Morgan fingerprint density at radius 2 is 2.04 bits per heavy atom. The first-order chi connectivity index (χ1) is 13.7. The maximum atomic E-state index is 12.4. The Bertz CT molecular complexity index is 882. The molecule has 28 heavy (non-hydrogen) atoms.